The summed E-state index contributed by atoms with van der Waals surface area (Å²) in [6.07, 6.45) is 4.42. The fourth-order valence-corrected chi connectivity index (χ4v) is 3.00. The molecule has 1 amide bonds. The first-order valence-electron chi connectivity index (χ1n) is 7.81. The summed E-state index contributed by atoms with van der Waals surface area (Å²) in [5.41, 5.74) is 0.207. The maximum Gasteiger partial charge on any atom is 0.342 e. The van der Waals surface area contributed by atoms with E-state index in [1.807, 2.05) is 0 Å². The molecule has 0 radical (unpaired) electrons. The van der Waals surface area contributed by atoms with Gasteiger partial charge in [-0.2, -0.15) is 0 Å². The molecule has 1 aliphatic rings. The molecule has 0 saturated heterocycles. The van der Waals surface area contributed by atoms with E-state index in [-0.39, 0.29) is 24.1 Å². The minimum absolute atomic E-state index is 0.163. The Bertz CT molecular complexity index is 576. The Kier molecular flexibility index (Phi) is 6.28. The van der Waals surface area contributed by atoms with Gasteiger partial charge < -0.3 is 14.8 Å². The highest BCUT2D eigenvalue weighted by atomic mass is 35.5. The third kappa shape index (κ3) is 4.86. The van der Waals surface area contributed by atoms with Crippen molar-refractivity contribution in [2.45, 2.75) is 38.6 Å². The van der Waals surface area contributed by atoms with Crippen LogP contribution in [-0.2, 0) is 9.53 Å². The Balaban J connectivity index is 1.88. The van der Waals surface area contributed by atoms with Crippen LogP contribution in [0.4, 0.5) is 0 Å². The van der Waals surface area contributed by atoms with Gasteiger partial charge in [0.25, 0.3) is 5.91 Å². The number of carbonyl (C=O) groups excluding carboxylic acids is 2. The van der Waals surface area contributed by atoms with Gasteiger partial charge >= 0.3 is 5.97 Å². The van der Waals surface area contributed by atoms with Gasteiger partial charge in [0.2, 0.25) is 0 Å². The van der Waals surface area contributed by atoms with Gasteiger partial charge in [-0.3, -0.25) is 4.79 Å². The number of halogens is 1. The van der Waals surface area contributed by atoms with E-state index in [1.165, 1.54) is 19.6 Å². The zero-order valence-corrected chi connectivity index (χ0v) is 14.2. The van der Waals surface area contributed by atoms with Gasteiger partial charge in [-0.1, -0.05) is 31.4 Å². The second-order valence-electron chi connectivity index (χ2n) is 5.86. The van der Waals surface area contributed by atoms with Crippen molar-refractivity contribution >= 4 is 23.5 Å². The third-order valence-electron chi connectivity index (χ3n) is 4.17. The van der Waals surface area contributed by atoms with E-state index in [9.17, 15) is 9.59 Å². The number of methoxy groups -OCH3 is 1. The minimum Gasteiger partial charge on any atom is -0.496 e. The molecule has 5 nitrogen and oxygen atoms in total. The minimum atomic E-state index is -0.629. The average Bonchev–Trinajstić information content (AvgIpc) is 2.54. The molecule has 6 heteroatoms. The van der Waals surface area contributed by atoms with Crippen molar-refractivity contribution < 1.29 is 19.1 Å². The largest absolute Gasteiger partial charge is 0.496 e. The Morgan fingerprint density at radius 3 is 2.74 bits per heavy atom. The number of rotatable bonds is 5. The number of ether oxygens (including phenoxy) is 2. The van der Waals surface area contributed by atoms with Crippen LogP contribution in [-0.4, -0.2) is 31.6 Å². The molecule has 0 heterocycles. The van der Waals surface area contributed by atoms with Gasteiger partial charge in [0.15, 0.2) is 6.61 Å². The summed E-state index contributed by atoms with van der Waals surface area (Å²) >= 11 is 5.88. The molecule has 0 spiro atoms. The molecule has 0 bridgehead atoms. The van der Waals surface area contributed by atoms with Crippen LogP contribution in [0.1, 0.15) is 43.0 Å². The Hall–Kier alpha value is -1.75. The van der Waals surface area contributed by atoms with Crippen molar-refractivity contribution in [1.29, 1.82) is 0 Å². The van der Waals surface area contributed by atoms with E-state index < -0.39 is 5.97 Å². The molecule has 126 valence electrons. The molecular weight excluding hydrogens is 318 g/mol. The first kappa shape index (κ1) is 17.6. The molecule has 2 atom stereocenters. The van der Waals surface area contributed by atoms with Crippen LogP contribution in [0.5, 0.6) is 5.75 Å². The molecular formula is C17H22ClNO4. The van der Waals surface area contributed by atoms with Crippen molar-refractivity contribution in [3.8, 4) is 5.75 Å². The van der Waals surface area contributed by atoms with Crippen LogP contribution in [0.2, 0.25) is 5.02 Å². The molecule has 0 unspecified atom stereocenters. The van der Waals surface area contributed by atoms with Crippen LogP contribution in [0.15, 0.2) is 18.2 Å². The van der Waals surface area contributed by atoms with E-state index in [0.29, 0.717) is 16.7 Å². The van der Waals surface area contributed by atoms with Crippen molar-refractivity contribution in [2.75, 3.05) is 13.7 Å². The Morgan fingerprint density at radius 2 is 2.04 bits per heavy atom. The second kappa shape index (κ2) is 8.20. The predicted molar refractivity (Wildman–Crippen MR) is 87.8 cm³/mol. The second-order valence-corrected chi connectivity index (χ2v) is 6.29. The van der Waals surface area contributed by atoms with Crippen molar-refractivity contribution in [1.82, 2.24) is 5.32 Å². The highest BCUT2D eigenvalue weighted by Gasteiger charge is 2.23. The molecule has 2 rings (SSSR count). The lowest BCUT2D eigenvalue weighted by atomic mass is 9.86. The predicted octanol–water partition coefficient (Wildman–Crippen LogP) is 3.20. The molecule has 1 saturated carbocycles. The lowest BCUT2D eigenvalue weighted by molar-refractivity contribution is -0.125. The standard InChI is InChI=1S/C17H22ClNO4/c1-11-5-3-4-6-14(11)19-16(20)10-23-17(21)13-9-12(18)7-8-15(13)22-2/h7-9,11,14H,3-6,10H2,1-2H3,(H,19,20)/t11-,14+/m0/s1. The van der Waals surface area contributed by atoms with Gasteiger partial charge in [0, 0.05) is 11.1 Å². The van der Waals surface area contributed by atoms with Crippen molar-refractivity contribution in [2.24, 2.45) is 5.92 Å². The number of hydrogen-bond acceptors (Lipinski definition) is 4. The lowest BCUT2D eigenvalue weighted by Gasteiger charge is -2.29. The van der Waals surface area contributed by atoms with Gasteiger partial charge in [-0.25, -0.2) is 4.79 Å². The van der Waals surface area contributed by atoms with Gasteiger partial charge in [-0.15, -0.1) is 0 Å². The first-order chi connectivity index (χ1) is 11.0. The Labute approximate surface area is 141 Å². The first-order valence-corrected chi connectivity index (χ1v) is 8.19. The van der Waals surface area contributed by atoms with E-state index in [2.05, 4.69) is 12.2 Å². The fourth-order valence-electron chi connectivity index (χ4n) is 2.83. The average molecular weight is 340 g/mol. The highest BCUT2D eigenvalue weighted by molar-refractivity contribution is 6.31. The van der Waals surface area contributed by atoms with Crippen molar-refractivity contribution in [3.05, 3.63) is 28.8 Å². The van der Waals surface area contributed by atoms with Crippen LogP contribution in [0.25, 0.3) is 0 Å². The summed E-state index contributed by atoms with van der Waals surface area (Å²) in [6.45, 7) is 1.82. The molecule has 23 heavy (non-hydrogen) atoms. The summed E-state index contributed by atoms with van der Waals surface area (Å²) in [5.74, 6) is -0.0913. The smallest absolute Gasteiger partial charge is 0.342 e. The third-order valence-corrected chi connectivity index (χ3v) is 4.41. The quantitative estimate of drug-likeness (QED) is 0.837. The van der Waals surface area contributed by atoms with Gasteiger partial charge in [0.05, 0.1) is 7.11 Å². The zero-order chi connectivity index (χ0) is 16.8. The molecule has 1 aromatic carbocycles. The van der Waals surface area contributed by atoms with E-state index in [4.69, 9.17) is 21.1 Å². The number of nitrogens with one attached hydrogen (secondary N) is 1. The molecule has 1 N–H and O–H groups in total. The van der Waals surface area contributed by atoms with Crippen LogP contribution >= 0.6 is 11.6 Å². The van der Waals surface area contributed by atoms with Crippen LogP contribution < -0.4 is 10.1 Å². The summed E-state index contributed by atoms with van der Waals surface area (Å²) < 4.78 is 10.2. The lowest BCUT2D eigenvalue weighted by Crippen LogP contribution is -2.42. The molecule has 1 fully saturated rings. The summed E-state index contributed by atoms with van der Waals surface area (Å²) in [6, 6.07) is 4.83. The van der Waals surface area contributed by atoms with Crippen molar-refractivity contribution in [3.63, 3.8) is 0 Å². The SMILES string of the molecule is COc1ccc(Cl)cc1C(=O)OCC(=O)N[C@@H]1CCCC[C@@H]1C. The summed E-state index contributed by atoms with van der Waals surface area (Å²) in [4.78, 5) is 24.1. The number of carbonyl (C=O) groups is 2. The normalized spacial score (nSPS) is 20.7. The van der Waals surface area contributed by atoms with E-state index >= 15 is 0 Å². The van der Waals surface area contributed by atoms with E-state index in [0.717, 1.165) is 19.3 Å². The molecule has 0 aliphatic heterocycles. The molecule has 1 aromatic rings. The maximum atomic E-state index is 12.1. The zero-order valence-electron chi connectivity index (χ0n) is 13.4. The molecule has 1 aliphatic carbocycles. The number of hydrogen-bond donors (Lipinski definition) is 1. The monoisotopic (exact) mass is 339 g/mol. The molecule has 0 aromatic heterocycles. The van der Waals surface area contributed by atoms with Gasteiger partial charge in [0.1, 0.15) is 11.3 Å². The topological polar surface area (TPSA) is 64.6 Å². The highest BCUT2D eigenvalue weighted by Crippen LogP contribution is 2.24. The number of amides is 1. The Morgan fingerprint density at radius 1 is 1.30 bits per heavy atom. The van der Waals surface area contributed by atoms with Crippen LogP contribution in [0.3, 0.4) is 0 Å². The van der Waals surface area contributed by atoms with Gasteiger partial charge in [-0.05, 0) is 37.0 Å². The van der Waals surface area contributed by atoms with E-state index in [1.54, 1.807) is 12.1 Å². The summed E-state index contributed by atoms with van der Waals surface area (Å²) in [5, 5.41) is 3.34. The number of benzene rings is 1. The maximum absolute atomic E-state index is 12.1. The number of esters is 1. The summed E-state index contributed by atoms with van der Waals surface area (Å²) in [7, 11) is 1.46. The fraction of sp³-hybridized carbons (Fsp3) is 0.529. The van der Waals surface area contributed by atoms with Crippen LogP contribution in [0, 0.1) is 5.92 Å².